The van der Waals surface area contributed by atoms with Crippen molar-refractivity contribution in [1.82, 2.24) is 0 Å². The second kappa shape index (κ2) is 4.91. The maximum absolute atomic E-state index is 11.8. The molecule has 1 aliphatic rings. The van der Waals surface area contributed by atoms with E-state index in [-0.39, 0.29) is 12.8 Å². The van der Waals surface area contributed by atoms with Crippen molar-refractivity contribution in [2.24, 2.45) is 0 Å². The molecule has 0 aliphatic carbocycles. The number of anilines is 2. The molecule has 4 rings (SSSR count). The molecule has 3 aromatic rings. The van der Waals surface area contributed by atoms with E-state index in [1.165, 1.54) is 5.46 Å². The van der Waals surface area contributed by atoms with Gasteiger partial charge in [-0.1, -0.05) is 42.5 Å². The molecule has 0 unspecified atom stereocenters. The van der Waals surface area contributed by atoms with Crippen LogP contribution in [0.3, 0.4) is 0 Å². The van der Waals surface area contributed by atoms with Crippen LogP contribution in [0.25, 0.3) is 10.8 Å². The number of carbonyl (C=O) groups excluding carboxylic acids is 1. The molecule has 2 N–H and O–H groups in total. The molecular weight excluding hydrogens is 271 g/mol. The van der Waals surface area contributed by atoms with Gasteiger partial charge in [0.15, 0.2) is 5.78 Å². The van der Waals surface area contributed by atoms with E-state index in [0.717, 1.165) is 27.7 Å². The summed E-state index contributed by atoms with van der Waals surface area (Å²) in [6, 6.07) is 20.2. The van der Waals surface area contributed by atoms with Gasteiger partial charge in [0.2, 0.25) is 0 Å². The number of hydrogen-bond acceptors (Lipinski definition) is 3. The normalized spacial score (nSPS) is 12.7. The van der Waals surface area contributed by atoms with Gasteiger partial charge in [0.25, 0.3) is 0 Å². The Bertz CT molecular complexity index is 865. The van der Waals surface area contributed by atoms with E-state index >= 15 is 0 Å². The van der Waals surface area contributed by atoms with Gasteiger partial charge in [0.1, 0.15) is 0 Å². The van der Waals surface area contributed by atoms with E-state index < -0.39 is 0 Å². The number of hydrogen-bond donors (Lipinski definition) is 2. The minimum atomic E-state index is 0.0301. The Balaban J connectivity index is 1.87. The first-order chi connectivity index (χ1) is 10.7. The Hall–Kier alpha value is -2.75. The highest BCUT2D eigenvalue weighted by molar-refractivity contribution is 6.80. The monoisotopic (exact) mass is 286 g/mol. The summed E-state index contributed by atoms with van der Waals surface area (Å²) in [7, 11) is 0. The van der Waals surface area contributed by atoms with Crippen molar-refractivity contribution in [3.8, 4) is 0 Å². The third kappa shape index (κ3) is 1.96. The van der Waals surface area contributed by atoms with Gasteiger partial charge < -0.3 is 10.5 Å². The Morgan fingerprint density at radius 1 is 0.864 bits per heavy atom. The first-order valence-electron chi connectivity index (χ1n) is 7.39. The number of ketones is 1. The highest BCUT2D eigenvalue weighted by Gasteiger charge is 2.26. The maximum atomic E-state index is 11.8. The zero-order chi connectivity index (χ0) is 15.1. The highest BCUT2D eigenvalue weighted by Crippen LogP contribution is 2.36. The number of nitrogens with one attached hydrogen (secondary N) is 2. The summed E-state index contributed by atoms with van der Waals surface area (Å²) < 4.78 is 0. The van der Waals surface area contributed by atoms with Crippen molar-refractivity contribution in [3.05, 3.63) is 66.2 Å². The van der Waals surface area contributed by atoms with Gasteiger partial charge in [-0.2, -0.15) is 0 Å². The van der Waals surface area contributed by atoms with Crippen LogP contribution in [0.1, 0.15) is 17.3 Å². The van der Waals surface area contributed by atoms with E-state index in [4.69, 9.17) is 0 Å². The third-order valence-electron chi connectivity index (χ3n) is 4.15. The van der Waals surface area contributed by atoms with Crippen LogP contribution in [0.5, 0.6) is 0 Å². The lowest BCUT2D eigenvalue weighted by molar-refractivity contribution is 0.101. The predicted octanol–water partition coefficient (Wildman–Crippen LogP) is 3.28. The summed E-state index contributed by atoms with van der Waals surface area (Å²) in [5.41, 5.74) is 4.06. The summed E-state index contributed by atoms with van der Waals surface area (Å²) in [5.74, 6) is 0.0916. The topological polar surface area (TPSA) is 41.1 Å². The summed E-state index contributed by atoms with van der Waals surface area (Å²) in [4.78, 5) is 11.8. The van der Waals surface area contributed by atoms with Gasteiger partial charge in [-0.3, -0.25) is 4.79 Å². The van der Waals surface area contributed by atoms with Crippen LogP contribution in [-0.2, 0) is 0 Å². The second-order valence-corrected chi connectivity index (χ2v) is 5.58. The largest absolute Gasteiger partial charge is 0.406 e. The smallest absolute Gasteiger partial charge is 0.405 e. The van der Waals surface area contributed by atoms with Crippen LogP contribution in [-0.4, -0.2) is 12.8 Å². The average Bonchev–Trinajstić information content (AvgIpc) is 2.56. The van der Waals surface area contributed by atoms with Crippen LogP contribution >= 0.6 is 0 Å². The van der Waals surface area contributed by atoms with Crippen molar-refractivity contribution in [1.29, 1.82) is 0 Å². The second-order valence-electron chi connectivity index (χ2n) is 5.58. The van der Waals surface area contributed by atoms with Crippen molar-refractivity contribution in [2.75, 3.05) is 10.5 Å². The van der Waals surface area contributed by atoms with E-state index in [2.05, 4.69) is 28.7 Å². The zero-order valence-electron chi connectivity index (χ0n) is 12.3. The molecule has 22 heavy (non-hydrogen) atoms. The molecule has 0 amide bonds. The number of rotatable bonds is 2. The molecule has 0 bridgehead atoms. The van der Waals surface area contributed by atoms with Gasteiger partial charge in [-0.25, -0.2) is 0 Å². The zero-order valence-corrected chi connectivity index (χ0v) is 12.3. The minimum absolute atomic E-state index is 0.0301. The quantitative estimate of drug-likeness (QED) is 0.561. The van der Waals surface area contributed by atoms with Crippen molar-refractivity contribution < 1.29 is 4.79 Å². The van der Waals surface area contributed by atoms with Crippen molar-refractivity contribution in [3.63, 3.8) is 0 Å². The maximum Gasteiger partial charge on any atom is 0.406 e. The molecule has 0 radical (unpaired) electrons. The van der Waals surface area contributed by atoms with Gasteiger partial charge in [0.05, 0.1) is 0 Å². The van der Waals surface area contributed by atoms with E-state index in [9.17, 15) is 4.79 Å². The molecule has 1 heterocycles. The fourth-order valence-electron chi connectivity index (χ4n) is 3.11. The SMILES string of the molecule is CC(=O)c1ccc2c3c(cccc13)NB(c1ccccc1)N2. The summed E-state index contributed by atoms with van der Waals surface area (Å²) >= 11 is 0. The van der Waals surface area contributed by atoms with Crippen LogP contribution < -0.4 is 15.9 Å². The summed E-state index contributed by atoms with van der Waals surface area (Å²) in [6.45, 7) is 1.64. The molecule has 0 fully saturated rings. The molecular formula is C18H15BN2O. The van der Waals surface area contributed by atoms with Crippen LogP contribution in [0, 0.1) is 0 Å². The molecule has 4 heteroatoms. The fraction of sp³-hybridized carbons (Fsp3) is 0.0556. The van der Waals surface area contributed by atoms with E-state index in [0.29, 0.717) is 0 Å². The number of benzene rings is 3. The van der Waals surface area contributed by atoms with Crippen LogP contribution in [0.4, 0.5) is 11.4 Å². The molecule has 0 saturated heterocycles. The Labute approximate surface area is 129 Å². The van der Waals surface area contributed by atoms with Crippen LogP contribution in [0.2, 0.25) is 0 Å². The Morgan fingerprint density at radius 2 is 1.59 bits per heavy atom. The van der Waals surface area contributed by atoms with Gasteiger partial charge in [-0.15, -0.1) is 0 Å². The number of Topliss-reactive ketones (excluding diaryl/α,β-unsaturated/α-hetero) is 1. The Kier molecular flexibility index (Phi) is 2.89. The first kappa shape index (κ1) is 13.0. The molecule has 1 aliphatic heterocycles. The summed E-state index contributed by atoms with van der Waals surface area (Å²) in [5, 5.41) is 9.12. The first-order valence-corrected chi connectivity index (χ1v) is 7.39. The van der Waals surface area contributed by atoms with Gasteiger partial charge in [0, 0.05) is 22.3 Å². The molecule has 0 saturated carbocycles. The van der Waals surface area contributed by atoms with Crippen LogP contribution in [0.15, 0.2) is 60.7 Å². The van der Waals surface area contributed by atoms with Crippen molar-refractivity contribution >= 4 is 40.4 Å². The Morgan fingerprint density at radius 3 is 2.32 bits per heavy atom. The highest BCUT2D eigenvalue weighted by atomic mass is 16.1. The molecule has 0 aromatic heterocycles. The van der Waals surface area contributed by atoms with E-state index in [1.807, 2.05) is 42.5 Å². The lowest BCUT2D eigenvalue weighted by Gasteiger charge is -2.27. The molecule has 3 nitrogen and oxygen atoms in total. The lowest BCUT2D eigenvalue weighted by atomic mass is 9.66. The molecule has 106 valence electrons. The summed E-state index contributed by atoms with van der Waals surface area (Å²) in [6.07, 6.45) is 0. The van der Waals surface area contributed by atoms with Gasteiger partial charge >= 0.3 is 6.98 Å². The van der Waals surface area contributed by atoms with Crippen molar-refractivity contribution in [2.45, 2.75) is 6.92 Å². The molecule has 0 spiro atoms. The molecule has 0 atom stereocenters. The minimum Gasteiger partial charge on any atom is -0.405 e. The average molecular weight is 286 g/mol. The van der Waals surface area contributed by atoms with Gasteiger partial charge in [-0.05, 0) is 36.0 Å². The third-order valence-corrected chi connectivity index (χ3v) is 4.15. The number of carbonyl (C=O) groups is 1. The van der Waals surface area contributed by atoms with E-state index in [1.54, 1.807) is 6.92 Å². The lowest BCUT2D eigenvalue weighted by Crippen LogP contribution is -2.47. The predicted molar refractivity (Wildman–Crippen MR) is 93.0 cm³/mol. The molecule has 3 aromatic carbocycles. The fourth-order valence-corrected chi connectivity index (χ4v) is 3.11. The standard InChI is InChI=1S/C18H15BN2O/c1-12(22)14-10-11-17-18-15(14)8-5-9-16(18)20-19(21-17)13-6-3-2-4-7-13/h2-11,20-21H,1H3.